The Kier molecular flexibility index (Phi) is 5.28. The summed E-state index contributed by atoms with van der Waals surface area (Å²) >= 11 is 0. The third kappa shape index (κ3) is 3.98. The smallest absolute Gasteiger partial charge is 0.328 e. The highest BCUT2D eigenvalue weighted by Crippen LogP contribution is 2.42. The highest BCUT2D eigenvalue weighted by Gasteiger charge is 2.28. The van der Waals surface area contributed by atoms with E-state index in [0.29, 0.717) is 16.9 Å². The van der Waals surface area contributed by atoms with E-state index in [1.54, 1.807) is 11.5 Å². The summed E-state index contributed by atoms with van der Waals surface area (Å²) in [4.78, 5) is 15.4. The number of nitrogens with zero attached hydrogens (tertiary/aromatic N) is 2. The molecule has 0 radical (unpaired) electrons. The predicted molar refractivity (Wildman–Crippen MR) is 118 cm³/mol. The molecule has 4 nitrogen and oxygen atoms in total. The molecule has 0 spiro atoms. The van der Waals surface area contributed by atoms with Gasteiger partial charge in [-0.15, -0.1) is 0 Å². The molecular weight excluding hydrogens is 417 g/mol. The van der Waals surface area contributed by atoms with E-state index in [0.717, 1.165) is 35.2 Å². The number of hydrogen-bond acceptors (Lipinski definition) is 2. The Morgan fingerprint density at radius 3 is 2.44 bits per heavy atom. The van der Waals surface area contributed by atoms with Crippen LogP contribution in [0.2, 0.25) is 0 Å². The normalized spacial score (nSPS) is 12.3. The fraction of sp³-hybridized carbons (Fsp3) is 0.200. The van der Waals surface area contributed by atoms with E-state index in [4.69, 9.17) is 5.11 Å². The van der Waals surface area contributed by atoms with E-state index >= 15 is 8.78 Å². The van der Waals surface area contributed by atoms with Gasteiger partial charge in [0.1, 0.15) is 17.3 Å². The van der Waals surface area contributed by atoms with Crippen molar-refractivity contribution < 1.29 is 23.1 Å². The lowest BCUT2D eigenvalue weighted by Crippen LogP contribution is -2.24. The Balaban J connectivity index is 2.05. The molecule has 2 aliphatic heterocycles. The molecule has 0 saturated carbocycles. The second-order valence-corrected chi connectivity index (χ2v) is 8.36. The van der Waals surface area contributed by atoms with E-state index in [2.05, 4.69) is 4.98 Å². The van der Waals surface area contributed by atoms with Gasteiger partial charge < -0.3 is 9.67 Å². The number of benzene rings is 2. The number of aryl methyl sites for hydroxylation is 1. The summed E-state index contributed by atoms with van der Waals surface area (Å²) in [5.74, 6) is -3.01. The van der Waals surface area contributed by atoms with Gasteiger partial charge in [0, 0.05) is 22.7 Å². The molecule has 0 fully saturated rings. The minimum absolute atomic E-state index is 0.0630. The third-order valence-electron chi connectivity index (χ3n) is 5.21. The average Bonchev–Trinajstić information content (AvgIpc) is 3.05. The van der Waals surface area contributed by atoms with Gasteiger partial charge in [0.25, 0.3) is 0 Å². The summed E-state index contributed by atoms with van der Waals surface area (Å²) in [5.41, 5.74) is 0.604. The topological polar surface area (TPSA) is 55.1 Å². The zero-order valence-corrected chi connectivity index (χ0v) is 17.8. The third-order valence-corrected chi connectivity index (χ3v) is 5.21. The number of hydrogen-bond donors (Lipinski definition) is 1. The molecule has 0 atom stereocenters. The number of rotatable bonds is 5. The SMILES string of the molecule is Cc1cc2c3ccccc3nc-2c(-c2c(F)cc(C=CC(=O)O)cc2F)n1CC(C)(C)F. The van der Waals surface area contributed by atoms with Crippen molar-refractivity contribution in [2.45, 2.75) is 33.0 Å². The molecule has 2 aromatic rings. The van der Waals surface area contributed by atoms with Crippen molar-refractivity contribution in [2.24, 2.45) is 0 Å². The van der Waals surface area contributed by atoms with Gasteiger partial charge in [-0.1, -0.05) is 18.2 Å². The van der Waals surface area contributed by atoms with Crippen LogP contribution in [0.1, 0.15) is 25.1 Å². The van der Waals surface area contributed by atoms with Crippen LogP contribution in [0.3, 0.4) is 0 Å². The van der Waals surface area contributed by atoms with Crippen LogP contribution in [0.15, 0.2) is 48.5 Å². The van der Waals surface area contributed by atoms with Crippen LogP contribution < -0.4 is 0 Å². The molecule has 2 aliphatic rings. The number of para-hydroxylation sites is 1. The van der Waals surface area contributed by atoms with Gasteiger partial charge in [0.05, 0.1) is 29.0 Å². The zero-order chi connectivity index (χ0) is 23.2. The van der Waals surface area contributed by atoms with Gasteiger partial charge in [-0.2, -0.15) is 0 Å². The van der Waals surface area contributed by atoms with Crippen LogP contribution in [-0.4, -0.2) is 26.3 Å². The number of carboxylic acid groups (broad SMARTS) is 1. The van der Waals surface area contributed by atoms with Crippen LogP contribution in [0.25, 0.3) is 39.5 Å². The van der Waals surface area contributed by atoms with Gasteiger partial charge in [-0.3, -0.25) is 0 Å². The van der Waals surface area contributed by atoms with Gasteiger partial charge >= 0.3 is 5.97 Å². The molecule has 164 valence electrons. The van der Waals surface area contributed by atoms with Crippen LogP contribution in [-0.2, 0) is 11.3 Å². The van der Waals surface area contributed by atoms with Crippen LogP contribution in [0.5, 0.6) is 0 Å². The number of carbonyl (C=O) groups is 1. The quantitative estimate of drug-likeness (QED) is 0.375. The Labute approximate surface area is 183 Å². The van der Waals surface area contributed by atoms with Crippen molar-refractivity contribution in [3.8, 4) is 22.5 Å². The minimum Gasteiger partial charge on any atom is -0.478 e. The molecule has 2 aromatic carbocycles. The van der Waals surface area contributed by atoms with Crippen LogP contribution in [0.4, 0.5) is 13.2 Å². The molecule has 0 aromatic heterocycles. The molecular formula is C25H21F3N2O2. The summed E-state index contributed by atoms with van der Waals surface area (Å²) < 4.78 is 46.8. The minimum atomic E-state index is -1.65. The number of aliphatic carboxylic acids is 1. The highest BCUT2D eigenvalue weighted by molar-refractivity contribution is 6.01. The second-order valence-electron chi connectivity index (χ2n) is 8.36. The van der Waals surface area contributed by atoms with E-state index in [1.165, 1.54) is 13.8 Å². The first-order valence-corrected chi connectivity index (χ1v) is 10.0. The second kappa shape index (κ2) is 7.82. The fourth-order valence-corrected chi connectivity index (χ4v) is 3.94. The first-order valence-electron chi connectivity index (χ1n) is 10.0. The first-order chi connectivity index (χ1) is 15.0. The average molecular weight is 438 g/mol. The first kappa shape index (κ1) is 21.6. The maximum Gasteiger partial charge on any atom is 0.328 e. The molecule has 7 heteroatoms. The number of alkyl halides is 1. The van der Waals surface area contributed by atoms with Gasteiger partial charge in [0.15, 0.2) is 0 Å². The lowest BCUT2D eigenvalue weighted by molar-refractivity contribution is -0.131. The van der Waals surface area contributed by atoms with Crippen LogP contribution >= 0.6 is 0 Å². The lowest BCUT2D eigenvalue weighted by Gasteiger charge is -2.25. The molecule has 0 aliphatic carbocycles. The number of pyridine rings is 1. The standard InChI is InChI=1S/C25H21F3N2O2/c1-14-10-17-16-6-4-5-7-20(16)29-23(17)24(30(14)13-25(2,3)28)22-18(26)11-15(12-19(22)27)8-9-21(31)32/h4-12H,13H2,1-3H3,(H,31,32). The Morgan fingerprint density at radius 2 is 1.81 bits per heavy atom. The molecule has 2 heterocycles. The van der Waals surface area contributed by atoms with Crippen molar-refractivity contribution >= 4 is 22.9 Å². The van der Waals surface area contributed by atoms with Crippen molar-refractivity contribution in [1.82, 2.24) is 9.55 Å². The molecule has 0 bridgehead atoms. The Bertz CT molecular complexity index is 1330. The molecule has 0 saturated heterocycles. The van der Waals surface area contributed by atoms with Crippen molar-refractivity contribution in [2.75, 3.05) is 0 Å². The lowest BCUT2D eigenvalue weighted by atomic mass is 9.98. The van der Waals surface area contributed by atoms with Crippen molar-refractivity contribution in [1.29, 1.82) is 0 Å². The Hall–Kier alpha value is -3.61. The van der Waals surface area contributed by atoms with Gasteiger partial charge in [-0.25, -0.2) is 22.9 Å². The summed E-state index contributed by atoms with van der Waals surface area (Å²) in [6.07, 6.45) is 1.91. The number of fused-ring (bicyclic) bond motifs is 3. The monoisotopic (exact) mass is 438 g/mol. The van der Waals surface area contributed by atoms with E-state index in [-0.39, 0.29) is 23.4 Å². The zero-order valence-electron chi connectivity index (χ0n) is 17.8. The molecule has 32 heavy (non-hydrogen) atoms. The van der Waals surface area contributed by atoms with E-state index in [9.17, 15) is 9.18 Å². The van der Waals surface area contributed by atoms with Crippen LogP contribution in [0, 0.1) is 18.6 Å². The molecule has 1 N–H and O–H groups in total. The summed E-state index contributed by atoms with van der Waals surface area (Å²) in [7, 11) is 0. The maximum absolute atomic E-state index is 15.3. The molecule has 0 amide bonds. The highest BCUT2D eigenvalue weighted by atomic mass is 19.1. The summed E-state index contributed by atoms with van der Waals surface area (Å²) in [6, 6.07) is 11.3. The number of halogens is 3. The summed E-state index contributed by atoms with van der Waals surface area (Å²) in [5, 5.41) is 9.62. The number of carboxylic acids is 1. The summed E-state index contributed by atoms with van der Waals surface area (Å²) in [6.45, 7) is 4.42. The number of aromatic nitrogens is 2. The predicted octanol–water partition coefficient (Wildman–Crippen LogP) is 6.24. The maximum atomic E-state index is 15.3. The van der Waals surface area contributed by atoms with E-state index < -0.39 is 23.3 Å². The Morgan fingerprint density at radius 1 is 1.16 bits per heavy atom. The van der Waals surface area contributed by atoms with Gasteiger partial charge in [0.2, 0.25) is 0 Å². The fourth-order valence-electron chi connectivity index (χ4n) is 3.94. The van der Waals surface area contributed by atoms with E-state index in [1.807, 2.05) is 30.3 Å². The largest absolute Gasteiger partial charge is 0.478 e. The van der Waals surface area contributed by atoms with Crippen molar-refractivity contribution in [3.63, 3.8) is 0 Å². The van der Waals surface area contributed by atoms with Crippen molar-refractivity contribution in [3.05, 3.63) is 71.4 Å². The van der Waals surface area contributed by atoms with Gasteiger partial charge in [-0.05, 0) is 56.7 Å². The molecule has 4 rings (SSSR count). The molecule has 0 unspecified atom stereocenters.